The molecule has 10 heterocycles. The number of benzene rings is 6. The fourth-order valence-electron chi connectivity index (χ4n) is 16.6. The molecule has 0 amide bonds. The zero-order valence-electron chi connectivity index (χ0n) is 53.6. The summed E-state index contributed by atoms with van der Waals surface area (Å²) in [6, 6.07) is 36.6. The Hall–Kier alpha value is -10.1. The smallest absolute Gasteiger partial charge is 0.608 e. The van der Waals surface area contributed by atoms with Gasteiger partial charge >= 0.3 is 13.9 Å². The topological polar surface area (TPSA) is 71.7 Å². The number of fused-ring (bicyclic) bond motifs is 13. The third kappa shape index (κ3) is 7.83. The van der Waals surface area contributed by atoms with Crippen LogP contribution in [0.4, 0.5) is 12.9 Å². The van der Waals surface area contributed by atoms with Crippen molar-refractivity contribution in [2.24, 2.45) is 4.99 Å². The van der Waals surface area contributed by atoms with Gasteiger partial charge in [0, 0.05) is 86.3 Å². The maximum absolute atomic E-state index is 20.7. The SMILES string of the molecule is COc1c2cc(C)cc1-c1ccc([nH]1)C(c1c(C)cc(C)cc1C)=C1C=CC(=N1)c1cc(C)cc(c1OC)-c1ccc3n1[B-](F)(F)[N+]1=C(C=CC1=C3c1c(C)cc(C)cc1C)c1cc(C)cc3c1O[B-]1(F)n4c(ccc4-3)C(c3c(C)cc(C)cc3C)=C3C=CC2=[N+]31. The molecular weight excluding hydrogens is 1140 g/mol. The molecule has 0 spiro atoms. The van der Waals surface area contributed by atoms with Crippen molar-refractivity contribution >= 4 is 47.7 Å². The number of methoxy groups -OCH3 is 2. The van der Waals surface area contributed by atoms with Crippen LogP contribution in [0.15, 0.2) is 168 Å². The predicted octanol–water partition coefficient (Wildman–Crippen LogP) is 17.0. The van der Waals surface area contributed by atoms with Crippen molar-refractivity contribution in [3.63, 3.8) is 0 Å². The third-order valence-electron chi connectivity index (χ3n) is 19.6. The number of halogens is 3. The van der Waals surface area contributed by atoms with Crippen LogP contribution in [0.2, 0.25) is 0 Å². The number of aromatic nitrogens is 3. The maximum Gasteiger partial charge on any atom is 0.759 e. The lowest BCUT2D eigenvalue weighted by molar-refractivity contribution is -0.365. The van der Waals surface area contributed by atoms with Gasteiger partial charge < -0.3 is 50.0 Å². The van der Waals surface area contributed by atoms with E-state index in [0.717, 1.165) is 112 Å². The van der Waals surface area contributed by atoms with Crippen LogP contribution in [-0.2, 0) is 0 Å². The Labute approximate surface area is 528 Å². The third-order valence-corrected chi connectivity index (χ3v) is 19.6. The van der Waals surface area contributed by atoms with E-state index in [1.54, 1.807) is 41.4 Å². The second-order valence-electron chi connectivity index (χ2n) is 26.1. The molecular formula is C77H67B2F3N6O3. The van der Waals surface area contributed by atoms with Crippen LogP contribution in [-0.4, -0.2) is 68.1 Å². The Kier molecular flexibility index (Phi) is 12.0. The van der Waals surface area contributed by atoms with Gasteiger partial charge in [0.1, 0.15) is 11.5 Å². The Balaban J connectivity index is 1.06. The summed E-state index contributed by atoms with van der Waals surface area (Å²) >= 11 is 0. The number of aryl methyl sites for hydroxylation is 12. The van der Waals surface area contributed by atoms with Gasteiger partial charge in [-0.3, -0.25) is 0 Å². The average Bonchev–Trinajstić information content (AvgIpc) is 1.60. The van der Waals surface area contributed by atoms with Gasteiger partial charge in [-0.15, -0.1) is 0 Å². The number of H-pyrrole nitrogens is 1. The zero-order chi connectivity index (χ0) is 63.3. The summed E-state index contributed by atoms with van der Waals surface area (Å²) in [7, 11) is 3.25. The van der Waals surface area contributed by atoms with E-state index in [0.29, 0.717) is 90.5 Å². The molecule has 7 aliphatic rings. The van der Waals surface area contributed by atoms with E-state index in [-0.39, 0.29) is 17.2 Å². The van der Waals surface area contributed by atoms with Gasteiger partial charge in [0.05, 0.1) is 53.7 Å². The van der Waals surface area contributed by atoms with Crippen molar-refractivity contribution in [3.05, 3.63) is 280 Å². The number of hydrogen-bond donors (Lipinski definition) is 1. The van der Waals surface area contributed by atoms with Crippen LogP contribution in [0.3, 0.4) is 0 Å². The summed E-state index contributed by atoms with van der Waals surface area (Å²) in [5.41, 5.74) is 27.0. The summed E-state index contributed by atoms with van der Waals surface area (Å²) in [5, 5.41) is 0. The number of hydrogen-bond acceptors (Lipinski definition) is 4. The molecule has 1 atom stereocenters. The van der Waals surface area contributed by atoms with Crippen LogP contribution >= 0.6 is 0 Å². The van der Waals surface area contributed by atoms with Crippen molar-refractivity contribution in [2.45, 2.75) is 83.1 Å². The molecule has 0 radical (unpaired) electrons. The molecule has 12 bridgehead atoms. The molecule has 450 valence electrons. The first kappa shape index (κ1) is 56.2. The number of allylic oxidation sites excluding steroid dienone is 6. The molecule has 3 aromatic heterocycles. The van der Waals surface area contributed by atoms with Gasteiger partial charge in [0.15, 0.2) is 22.8 Å². The molecule has 0 fully saturated rings. The first-order chi connectivity index (χ1) is 43.6. The normalized spacial score (nSPS) is 17.7. The molecule has 91 heavy (non-hydrogen) atoms. The van der Waals surface area contributed by atoms with E-state index in [2.05, 4.69) is 108 Å². The van der Waals surface area contributed by atoms with Gasteiger partial charge in [0.25, 0.3) is 0 Å². The highest BCUT2D eigenvalue weighted by Crippen LogP contribution is 2.54. The Morgan fingerprint density at radius 1 is 0.418 bits per heavy atom. The lowest BCUT2D eigenvalue weighted by Gasteiger charge is -2.43. The molecule has 0 saturated heterocycles. The summed E-state index contributed by atoms with van der Waals surface area (Å²) in [6.07, 6.45) is 11.5. The highest BCUT2D eigenvalue weighted by atomic mass is 19.2. The lowest BCUT2D eigenvalue weighted by Crippen LogP contribution is -2.61. The molecule has 1 unspecified atom stereocenters. The lowest BCUT2D eigenvalue weighted by atomic mass is 9.78. The number of nitrogens with zero attached hydrogens (tertiary/aromatic N) is 5. The molecule has 1 N–H and O–H groups in total. The molecule has 14 heteroatoms. The second kappa shape index (κ2) is 19.5. The van der Waals surface area contributed by atoms with Crippen LogP contribution in [0.5, 0.6) is 17.2 Å². The summed E-state index contributed by atoms with van der Waals surface area (Å²) in [6.45, 7) is 16.1. The summed E-state index contributed by atoms with van der Waals surface area (Å²) in [4.78, 5) is 9.36. The van der Waals surface area contributed by atoms with Crippen LogP contribution in [0.25, 0.3) is 50.5 Å². The Morgan fingerprint density at radius 3 is 1.42 bits per heavy atom. The van der Waals surface area contributed by atoms with E-state index in [1.165, 1.54) is 8.96 Å². The minimum absolute atomic E-state index is 0.153. The van der Waals surface area contributed by atoms with Crippen LogP contribution in [0, 0.1) is 83.1 Å². The number of rotatable bonds is 5. The monoisotopic (exact) mass is 1200 g/mol. The Morgan fingerprint density at radius 2 is 0.846 bits per heavy atom. The quantitative estimate of drug-likeness (QED) is 0.175. The van der Waals surface area contributed by atoms with Gasteiger partial charge in [0.2, 0.25) is 0 Å². The fraction of sp³-hybridized carbons (Fsp3) is 0.182. The predicted molar refractivity (Wildman–Crippen MR) is 362 cm³/mol. The molecule has 0 aliphatic carbocycles. The van der Waals surface area contributed by atoms with Crippen molar-refractivity contribution in [1.29, 1.82) is 0 Å². The first-order valence-electron chi connectivity index (χ1n) is 31.2. The Bertz CT molecular complexity index is 5170. The number of aliphatic imine (C=N–C) groups is 1. The minimum Gasteiger partial charge on any atom is -0.608 e. The molecule has 9 nitrogen and oxygen atoms in total. The summed E-state index contributed by atoms with van der Waals surface area (Å²) < 4.78 is 86.1. The van der Waals surface area contributed by atoms with E-state index < -0.39 is 13.9 Å². The maximum atomic E-state index is 20.7. The molecule has 0 saturated carbocycles. The van der Waals surface area contributed by atoms with Crippen molar-refractivity contribution < 1.29 is 36.0 Å². The van der Waals surface area contributed by atoms with E-state index in [4.69, 9.17) is 19.1 Å². The first-order valence-corrected chi connectivity index (χ1v) is 31.2. The van der Waals surface area contributed by atoms with Gasteiger partial charge in [-0.05, 0) is 235 Å². The number of aromatic amines is 1. The largest absolute Gasteiger partial charge is 0.759 e. The van der Waals surface area contributed by atoms with E-state index in [9.17, 15) is 0 Å². The van der Waals surface area contributed by atoms with Crippen molar-refractivity contribution in [1.82, 2.24) is 13.9 Å². The van der Waals surface area contributed by atoms with Crippen LogP contribution < -0.4 is 14.1 Å². The highest BCUT2D eigenvalue weighted by molar-refractivity contribution is 6.62. The second-order valence-corrected chi connectivity index (χ2v) is 26.1. The zero-order valence-corrected chi connectivity index (χ0v) is 53.6. The van der Waals surface area contributed by atoms with Crippen molar-refractivity contribution in [2.75, 3.05) is 14.2 Å². The highest BCUT2D eigenvalue weighted by Gasteiger charge is 2.61. The molecule has 9 aromatic rings. The van der Waals surface area contributed by atoms with E-state index in [1.807, 2.05) is 107 Å². The number of nitrogens with one attached hydrogen (secondary N) is 1. The van der Waals surface area contributed by atoms with Crippen molar-refractivity contribution in [3.8, 4) is 51.0 Å². The standard InChI is InChI=1S/C77H67B2F3N6O3/c1-39-27-45(7)69(46(8)28-39)72-59-17-15-57(83-59)51-33-42(4)35-53(75(51)89-13)61-19-23-65-73(70-47(9)29-40(2)30-48(70)10)66-24-20-62(86(66)78(80,81)85(61)65)55-37-44(6)38-56-64-22-26-68-74(71-49(11)31-41(3)32-50(71)12)67-25-21-63(87(67)79(82,88(64)68)91-77(55)56)54-36-43(5)34-52(76(54)90-14)58-16-18-60(72)84-58/h15-38,84H,1-14H3. The van der Waals surface area contributed by atoms with Gasteiger partial charge in [-0.2, -0.15) is 0 Å². The average molecular weight is 1200 g/mol. The minimum atomic E-state index is -4.80. The van der Waals surface area contributed by atoms with E-state index >= 15 is 12.9 Å². The molecule has 16 rings (SSSR count). The molecule has 6 aromatic carbocycles. The van der Waals surface area contributed by atoms with Gasteiger partial charge in [-0.1, -0.05) is 53.1 Å². The number of ether oxygens (including phenoxy) is 2. The molecule has 7 aliphatic heterocycles. The summed E-state index contributed by atoms with van der Waals surface area (Å²) in [5.74, 6) is 1.07. The van der Waals surface area contributed by atoms with Crippen LogP contribution in [0.1, 0.15) is 117 Å². The van der Waals surface area contributed by atoms with Gasteiger partial charge in [-0.25, -0.2) is 4.99 Å². The fourth-order valence-corrected chi connectivity index (χ4v) is 16.6.